The molecule has 4 aromatic rings. The first kappa shape index (κ1) is 23.8. The summed E-state index contributed by atoms with van der Waals surface area (Å²) in [7, 11) is -3.49. The molecule has 1 amide bonds. The van der Waals surface area contributed by atoms with Crippen LogP contribution in [0.4, 0.5) is 24.5 Å². The van der Waals surface area contributed by atoms with Gasteiger partial charge in [-0.25, -0.2) is 31.6 Å². The molecule has 0 atom stereocenters. The highest BCUT2D eigenvalue weighted by atomic mass is 32.2. The molecular formula is C22H15F3N4O5S. The summed E-state index contributed by atoms with van der Waals surface area (Å²) in [5.41, 5.74) is -0.246. The van der Waals surface area contributed by atoms with Gasteiger partial charge in [0.05, 0.1) is 30.9 Å². The predicted octanol–water partition coefficient (Wildman–Crippen LogP) is 4.22. The number of nitrogens with zero attached hydrogens (tertiary/aromatic N) is 2. The van der Waals surface area contributed by atoms with Crippen LogP contribution in [-0.4, -0.2) is 31.4 Å². The van der Waals surface area contributed by atoms with Crippen LogP contribution >= 0.6 is 0 Å². The van der Waals surface area contributed by atoms with Crippen molar-refractivity contribution in [3.8, 4) is 17.2 Å². The number of carbonyl (C=O) groups excluding carboxylic acids is 1. The number of hydrogen-bond acceptors (Lipinski definition) is 7. The molecule has 9 nitrogen and oxygen atoms in total. The highest BCUT2D eigenvalue weighted by Crippen LogP contribution is 2.28. The molecular weight excluding hydrogens is 489 g/mol. The number of aromatic nitrogens is 2. The van der Waals surface area contributed by atoms with Gasteiger partial charge in [0.15, 0.2) is 22.3 Å². The summed E-state index contributed by atoms with van der Waals surface area (Å²) in [4.78, 5) is 19.7. The molecule has 0 radical (unpaired) electrons. The predicted molar refractivity (Wildman–Crippen MR) is 118 cm³/mol. The quantitative estimate of drug-likeness (QED) is 0.361. The van der Waals surface area contributed by atoms with Gasteiger partial charge in [-0.2, -0.15) is 0 Å². The van der Waals surface area contributed by atoms with Crippen molar-refractivity contribution >= 4 is 27.3 Å². The van der Waals surface area contributed by atoms with Gasteiger partial charge in [-0.1, -0.05) is 30.3 Å². The van der Waals surface area contributed by atoms with Gasteiger partial charge < -0.3 is 14.5 Å². The zero-order chi connectivity index (χ0) is 25.2. The Hall–Kier alpha value is -4.39. The van der Waals surface area contributed by atoms with E-state index in [2.05, 4.69) is 15.3 Å². The first-order valence-electron chi connectivity index (χ1n) is 9.72. The van der Waals surface area contributed by atoms with Gasteiger partial charge in [0.1, 0.15) is 5.82 Å². The van der Waals surface area contributed by atoms with E-state index in [0.717, 1.165) is 19.4 Å². The highest BCUT2D eigenvalue weighted by Gasteiger charge is 2.25. The fourth-order valence-corrected chi connectivity index (χ4v) is 4.15. The van der Waals surface area contributed by atoms with Crippen LogP contribution in [0.3, 0.4) is 0 Å². The zero-order valence-electron chi connectivity index (χ0n) is 17.8. The summed E-state index contributed by atoms with van der Waals surface area (Å²) in [6, 6.07) is 10.4. The Bertz CT molecular complexity index is 1510. The summed E-state index contributed by atoms with van der Waals surface area (Å²) in [5.74, 6) is -5.46. The number of amides is 1. The Morgan fingerprint density at radius 3 is 2.40 bits per heavy atom. The van der Waals surface area contributed by atoms with Crippen LogP contribution in [0.15, 0.2) is 70.2 Å². The number of hydrogen-bond donors (Lipinski definition) is 2. The van der Waals surface area contributed by atoms with Crippen molar-refractivity contribution in [2.45, 2.75) is 4.90 Å². The van der Waals surface area contributed by atoms with Crippen LogP contribution < -0.4 is 14.8 Å². The van der Waals surface area contributed by atoms with Crippen molar-refractivity contribution in [2.75, 3.05) is 17.1 Å². The van der Waals surface area contributed by atoms with E-state index in [4.69, 9.17) is 9.15 Å². The van der Waals surface area contributed by atoms with Gasteiger partial charge in [-0.3, -0.25) is 9.52 Å². The van der Waals surface area contributed by atoms with Crippen molar-refractivity contribution in [2.24, 2.45) is 0 Å². The van der Waals surface area contributed by atoms with Crippen molar-refractivity contribution in [3.63, 3.8) is 0 Å². The molecule has 180 valence electrons. The average Bonchev–Trinajstić information content (AvgIpc) is 3.34. The molecule has 0 saturated carbocycles. The number of ether oxygens (including phenoxy) is 1. The molecule has 0 spiro atoms. The number of sulfonamides is 1. The average molecular weight is 504 g/mol. The van der Waals surface area contributed by atoms with E-state index in [1.54, 1.807) is 29.0 Å². The minimum Gasteiger partial charge on any atom is -0.480 e. The fraction of sp³-hybridized carbons (Fsp3) is 0.0455. The number of methoxy groups -OCH3 is 1. The molecule has 0 aliphatic carbocycles. The van der Waals surface area contributed by atoms with Gasteiger partial charge in [0.25, 0.3) is 15.9 Å². The largest absolute Gasteiger partial charge is 0.480 e. The van der Waals surface area contributed by atoms with Crippen molar-refractivity contribution in [1.82, 2.24) is 9.97 Å². The summed E-state index contributed by atoms with van der Waals surface area (Å²) in [5, 5.41) is 2.39. The molecule has 2 N–H and O–H groups in total. The van der Waals surface area contributed by atoms with E-state index in [1.807, 2.05) is 6.07 Å². The summed E-state index contributed by atoms with van der Waals surface area (Å²) >= 11 is 0. The molecule has 35 heavy (non-hydrogen) atoms. The topological polar surface area (TPSA) is 123 Å². The second-order valence-electron chi connectivity index (χ2n) is 6.93. The van der Waals surface area contributed by atoms with Crippen LogP contribution in [-0.2, 0) is 10.0 Å². The van der Waals surface area contributed by atoms with E-state index in [-0.39, 0.29) is 17.6 Å². The Balaban J connectivity index is 1.60. The summed E-state index contributed by atoms with van der Waals surface area (Å²) in [6.07, 6.45) is 2.46. The maximum atomic E-state index is 14.0. The molecule has 2 aromatic carbocycles. The SMILES string of the molecule is COc1ncc(NC(=O)c2ncc(-c3ccccc3)o2)cc1S(=O)(=O)Nc1cc(F)c(F)cc1F. The van der Waals surface area contributed by atoms with Gasteiger partial charge in [-0.05, 0) is 6.07 Å². The van der Waals surface area contributed by atoms with Crippen molar-refractivity contribution in [3.05, 3.63) is 84.3 Å². The minimum absolute atomic E-state index is 0.0959. The highest BCUT2D eigenvalue weighted by molar-refractivity contribution is 7.92. The molecule has 0 fully saturated rings. The third kappa shape index (κ3) is 5.09. The lowest BCUT2D eigenvalue weighted by molar-refractivity contribution is 0.0991. The maximum absolute atomic E-state index is 14.0. The lowest BCUT2D eigenvalue weighted by atomic mass is 10.2. The first-order valence-corrected chi connectivity index (χ1v) is 11.2. The van der Waals surface area contributed by atoms with Gasteiger partial charge in [-0.15, -0.1) is 0 Å². The standard InChI is InChI=1S/C22H15F3N4O5S/c1-33-21-19(35(31,32)29-17-9-15(24)14(23)8-16(17)25)7-13(10-26-21)28-20(30)22-27-11-18(34-22)12-5-3-2-4-6-12/h2-11,29H,1H3,(H,28,30). The number of pyridine rings is 1. The molecule has 0 bridgehead atoms. The number of benzene rings is 2. The maximum Gasteiger partial charge on any atom is 0.311 e. The van der Waals surface area contributed by atoms with Crippen molar-refractivity contribution in [1.29, 1.82) is 0 Å². The Morgan fingerprint density at radius 1 is 0.971 bits per heavy atom. The van der Waals surface area contributed by atoms with Crippen LogP contribution in [0.5, 0.6) is 5.88 Å². The molecule has 2 heterocycles. The lowest BCUT2D eigenvalue weighted by Crippen LogP contribution is -2.17. The fourth-order valence-electron chi connectivity index (χ4n) is 2.95. The number of oxazole rings is 1. The van der Waals surface area contributed by atoms with Gasteiger partial charge in [0, 0.05) is 17.7 Å². The van der Waals surface area contributed by atoms with E-state index in [9.17, 15) is 26.4 Å². The van der Waals surface area contributed by atoms with E-state index in [0.29, 0.717) is 17.4 Å². The smallest absolute Gasteiger partial charge is 0.311 e. The Kier molecular flexibility index (Phi) is 6.42. The first-order chi connectivity index (χ1) is 16.7. The third-order valence-electron chi connectivity index (χ3n) is 4.57. The number of carbonyl (C=O) groups is 1. The normalized spacial score (nSPS) is 11.2. The molecule has 2 aromatic heterocycles. The Morgan fingerprint density at radius 2 is 1.69 bits per heavy atom. The third-order valence-corrected chi connectivity index (χ3v) is 5.93. The lowest BCUT2D eigenvalue weighted by Gasteiger charge is -2.13. The number of nitrogens with one attached hydrogen (secondary N) is 2. The van der Waals surface area contributed by atoms with Gasteiger partial charge in [0.2, 0.25) is 5.88 Å². The minimum atomic E-state index is -4.62. The summed E-state index contributed by atoms with van der Waals surface area (Å²) < 4.78 is 78.5. The van der Waals surface area contributed by atoms with Crippen LogP contribution in [0.1, 0.15) is 10.7 Å². The van der Waals surface area contributed by atoms with Crippen LogP contribution in [0.25, 0.3) is 11.3 Å². The van der Waals surface area contributed by atoms with E-state index >= 15 is 0 Å². The van der Waals surface area contributed by atoms with E-state index in [1.165, 1.54) is 6.20 Å². The molecule has 0 unspecified atom stereocenters. The van der Waals surface area contributed by atoms with Crippen molar-refractivity contribution < 1.29 is 35.5 Å². The number of rotatable bonds is 7. The molecule has 13 heteroatoms. The second-order valence-corrected chi connectivity index (χ2v) is 8.58. The monoisotopic (exact) mass is 504 g/mol. The summed E-state index contributed by atoms with van der Waals surface area (Å²) in [6.45, 7) is 0. The molecule has 0 saturated heterocycles. The molecule has 0 aliphatic heterocycles. The Labute approximate surface area is 196 Å². The molecule has 0 aliphatic rings. The zero-order valence-corrected chi connectivity index (χ0v) is 18.6. The number of anilines is 2. The van der Waals surface area contributed by atoms with E-state index < -0.39 is 49.8 Å². The second kappa shape index (κ2) is 9.46. The molecule has 4 rings (SSSR count). The van der Waals surface area contributed by atoms with Crippen LogP contribution in [0.2, 0.25) is 0 Å². The van der Waals surface area contributed by atoms with Gasteiger partial charge >= 0.3 is 5.91 Å². The van der Waals surface area contributed by atoms with Crippen LogP contribution in [0, 0.1) is 17.5 Å². The number of halogens is 3.